The number of benzene rings is 1. The van der Waals surface area contributed by atoms with Crippen LogP contribution >= 0.6 is 11.6 Å². The third kappa shape index (κ3) is 2.19. The highest BCUT2D eigenvalue weighted by Gasteiger charge is 2.24. The van der Waals surface area contributed by atoms with E-state index in [1.165, 1.54) is 25.7 Å². The molecule has 3 nitrogen and oxygen atoms in total. The highest BCUT2D eigenvalue weighted by atomic mass is 35.5. The number of imidazole rings is 1. The smallest absolute Gasteiger partial charge is 0.125 e. The molecule has 1 aliphatic carbocycles. The molecule has 0 saturated heterocycles. The number of nitrogens with zero attached hydrogens (tertiary/aromatic N) is 3. The number of para-hydroxylation sites is 1. The molecule has 0 amide bonds. The van der Waals surface area contributed by atoms with E-state index in [1.54, 1.807) is 0 Å². The monoisotopic (exact) mass is 287 g/mol. The minimum atomic E-state index is 0.393. The average molecular weight is 288 g/mol. The molecule has 0 bridgehead atoms. The van der Waals surface area contributed by atoms with E-state index in [1.807, 2.05) is 12.1 Å². The number of nitriles is 1. The van der Waals surface area contributed by atoms with Crippen LogP contribution in [-0.4, -0.2) is 9.55 Å². The van der Waals surface area contributed by atoms with Gasteiger partial charge in [0.05, 0.1) is 17.0 Å². The van der Waals surface area contributed by atoms with E-state index >= 15 is 0 Å². The second-order valence-electron chi connectivity index (χ2n) is 5.74. The van der Waals surface area contributed by atoms with Crippen molar-refractivity contribution < 1.29 is 0 Å². The molecule has 1 heterocycles. The Balaban J connectivity index is 2.16. The molecule has 0 spiro atoms. The number of halogens is 1. The highest BCUT2D eigenvalue weighted by molar-refractivity contribution is 6.16. The Kier molecular flexibility index (Phi) is 3.67. The fourth-order valence-electron chi connectivity index (χ4n) is 3.39. The molecule has 4 heteroatoms. The molecule has 3 rings (SSSR count). The molecule has 0 radical (unpaired) electrons. The van der Waals surface area contributed by atoms with E-state index in [-0.39, 0.29) is 0 Å². The van der Waals surface area contributed by atoms with Crippen molar-refractivity contribution in [3.8, 4) is 6.07 Å². The van der Waals surface area contributed by atoms with Crippen LogP contribution in [0.4, 0.5) is 0 Å². The minimum Gasteiger partial charge on any atom is -0.324 e. The van der Waals surface area contributed by atoms with Crippen LogP contribution in [0.3, 0.4) is 0 Å². The maximum absolute atomic E-state index is 9.23. The van der Waals surface area contributed by atoms with Crippen LogP contribution in [0.1, 0.15) is 50.0 Å². The molecule has 1 aromatic heterocycles. The maximum atomic E-state index is 9.23. The minimum absolute atomic E-state index is 0.393. The molecular weight excluding hydrogens is 270 g/mol. The average Bonchev–Trinajstić information content (AvgIpc) is 2.85. The fourth-order valence-corrected chi connectivity index (χ4v) is 3.58. The van der Waals surface area contributed by atoms with Crippen molar-refractivity contribution in [3.63, 3.8) is 0 Å². The molecular formula is C16H18ClN3. The van der Waals surface area contributed by atoms with Gasteiger partial charge in [-0.2, -0.15) is 5.26 Å². The Hall–Kier alpha value is -1.53. The topological polar surface area (TPSA) is 41.6 Å². The molecule has 1 saturated carbocycles. The molecule has 2 aromatic rings. The predicted octanol–water partition coefficient (Wildman–Crippen LogP) is 4.40. The number of hydrogen-bond donors (Lipinski definition) is 0. The molecule has 0 N–H and O–H groups in total. The summed E-state index contributed by atoms with van der Waals surface area (Å²) in [6, 6.07) is 8.50. The fraction of sp³-hybridized carbons (Fsp3) is 0.500. The molecule has 20 heavy (non-hydrogen) atoms. The lowest BCUT2D eigenvalue weighted by Gasteiger charge is -2.29. The Morgan fingerprint density at radius 2 is 2.30 bits per heavy atom. The van der Waals surface area contributed by atoms with Crippen molar-refractivity contribution in [2.24, 2.45) is 5.92 Å². The van der Waals surface area contributed by atoms with Gasteiger partial charge in [-0.15, -0.1) is 11.6 Å². The van der Waals surface area contributed by atoms with Gasteiger partial charge >= 0.3 is 0 Å². The van der Waals surface area contributed by atoms with Gasteiger partial charge in [-0.25, -0.2) is 4.98 Å². The van der Waals surface area contributed by atoms with E-state index in [4.69, 9.17) is 11.6 Å². The van der Waals surface area contributed by atoms with Crippen molar-refractivity contribution >= 4 is 22.6 Å². The van der Waals surface area contributed by atoms with E-state index < -0.39 is 0 Å². The summed E-state index contributed by atoms with van der Waals surface area (Å²) in [5.41, 5.74) is 2.49. The van der Waals surface area contributed by atoms with Gasteiger partial charge in [-0.05, 0) is 30.9 Å². The summed E-state index contributed by atoms with van der Waals surface area (Å²) >= 11 is 6.09. The first-order valence-electron chi connectivity index (χ1n) is 7.20. The normalized spacial score (nSPS) is 22.9. The van der Waals surface area contributed by atoms with Crippen molar-refractivity contribution in [1.82, 2.24) is 9.55 Å². The summed E-state index contributed by atoms with van der Waals surface area (Å²) in [5.74, 6) is 2.03. The van der Waals surface area contributed by atoms with Gasteiger partial charge in [-0.3, -0.25) is 0 Å². The predicted molar refractivity (Wildman–Crippen MR) is 80.7 cm³/mol. The third-order valence-corrected chi connectivity index (χ3v) is 4.55. The number of rotatable bonds is 2. The number of alkyl halides is 1. The van der Waals surface area contributed by atoms with E-state index in [0.29, 0.717) is 17.5 Å². The van der Waals surface area contributed by atoms with E-state index in [9.17, 15) is 5.26 Å². The molecule has 104 valence electrons. The summed E-state index contributed by atoms with van der Waals surface area (Å²) < 4.78 is 2.28. The standard InChI is InChI=1S/C16H18ClN3/c1-11-4-2-6-13(8-11)20-14-7-3-5-12(10-18)16(14)19-15(20)9-17/h3,5,7,11,13H,2,4,6,8-9H2,1H3. The summed E-state index contributed by atoms with van der Waals surface area (Å²) in [6.07, 6.45) is 4.91. The van der Waals surface area contributed by atoms with E-state index in [0.717, 1.165) is 22.8 Å². The largest absolute Gasteiger partial charge is 0.324 e. The quantitative estimate of drug-likeness (QED) is 0.768. The molecule has 2 atom stereocenters. The van der Waals surface area contributed by atoms with Crippen LogP contribution < -0.4 is 0 Å². The Bertz CT molecular complexity index is 668. The van der Waals surface area contributed by atoms with Crippen LogP contribution in [0.15, 0.2) is 18.2 Å². The van der Waals surface area contributed by atoms with Crippen LogP contribution in [0.5, 0.6) is 0 Å². The molecule has 2 unspecified atom stereocenters. The molecule has 1 fully saturated rings. The van der Waals surface area contributed by atoms with Crippen LogP contribution in [0.2, 0.25) is 0 Å². The number of fused-ring (bicyclic) bond motifs is 1. The lowest BCUT2D eigenvalue weighted by Crippen LogP contribution is -2.19. The van der Waals surface area contributed by atoms with E-state index in [2.05, 4.69) is 28.6 Å². The lowest BCUT2D eigenvalue weighted by molar-refractivity contribution is 0.283. The van der Waals surface area contributed by atoms with Crippen LogP contribution in [0, 0.1) is 17.2 Å². The highest BCUT2D eigenvalue weighted by Crippen LogP contribution is 2.36. The first kappa shape index (κ1) is 13.5. The maximum Gasteiger partial charge on any atom is 0.125 e. The van der Waals surface area contributed by atoms with Crippen molar-refractivity contribution in [2.45, 2.75) is 44.5 Å². The lowest BCUT2D eigenvalue weighted by atomic mass is 9.87. The molecule has 0 aliphatic heterocycles. The zero-order chi connectivity index (χ0) is 14.1. The zero-order valence-electron chi connectivity index (χ0n) is 11.6. The number of aromatic nitrogens is 2. The summed E-state index contributed by atoms with van der Waals surface area (Å²) in [4.78, 5) is 4.61. The zero-order valence-corrected chi connectivity index (χ0v) is 12.4. The third-order valence-electron chi connectivity index (χ3n) is 4.31. The molecule has 1 aliphatic rings. The summed E-state index contributed by atoms with van der Waals surface area (Å²) in [5, 5.41) is 9.23. The van der Waals surface area contributed by atoms with Gasteiger partial charge < -0.3 is 4.57 Å². The van der Waals surface area contributed by atoms with Gasteiger partial charge in [0.1, 0.15) is 17.4 Å². The van der Waals surface area contributed by atoms with Crippen molar-refractivity contribution in [2.75, 3.05) is 0 Å². The van der Waals surface area contributed by atoms with Gasteiger partial charge in [0.25, 0.3) is 0 Å². The summed E-state index contributed by atoms with van der Waals surface area (Å²) in [6.45, 7) is 2.31. The Morgan fingerprint density at radius 3 is 3.00 bits per heavy atom. The van der Waals surface area contributed by atoms with Crippen LogP contribution in [0.25, 0.3) is 11.0 Å². The number of hydrogen-bond acceptors (Lipinski definition) is 2. The SMILES string of the molecule is CC1CCCC(n2c(CCl)nc3c(C#N)cccc32)C1. The Labute approximate surface area is 124 Å². The van der Waals surface area contributed by atoms with Gasteiger partial charge in [-0.1, -0.05) is 25.8 Å². The van der Waals surface area contributed by atoms with Crippen molar-refractivity contribution in [1.29, 1.82) is 5.26 Å². The van der Waals surface area contributed by atoms with Crippen LogP contribution in [-0.2, 0) is 5.88 Å². The Morgan fingerprint density at radius 1 is 1.45 bits per heavy atom. The summed E-state index contributed by atoms with van der Waals surface area (Å²) in [7, 11) is 0. The second-order valence-corrected chi connectivity index (χ2v) is 6.01. The first-order chi connectivity index (χ1) is 9.74. The molecule has 1 aromatic carbocycles. The second kappa shape index (κ2) is 5.46. The van der Waals surface area contributed by atoms with Gasteiger partial charge in [0.2, 0.25) is 0 Å². The van der Waals surface area contributed by atoms with Gasteiger partial charge in [0, 0.05) is 6.04 Å². The van der Waals surface area contributed by atoms with Crippen molar-refractivity contribution in [3.05, 3.63) is 29.6 Å². The first-order valence-corrected chi connectivity index (χ1v) is 7.74. The van der Waals surface area contributed by atoms with Gasteiger partial charge in [0.15, 0.2) is 0 Å².